The monoisotopic (exact) mass is 325 g/mol. The highest BCUT2D eigenvalue weighted by molar-refractivity contribution is 5.17. The van der Waals surface area contributed by atoms with Crippen LogP contribution in [-0.4, -0.2) is 33.6 Å². The zero-order valence-corrected chi connectivity index (χ0v) is 14.4. The number of hydrogen-bond donors (Lipinski definition) is 1. The number of aromatic nitrogens is 2. The van der Waals surface area contributed by atoms with Crippen molar-refractivity contribution < 1.29 is 5.11 Å². The summed E-state index contributed by atoms with van der Waals surface area (Å²) in [5, 5.41) is 10.3. The molecule has 1 aliphatic carbocycles. The van der Waals surface area contributed by atoms with Gasteiger partial charge in [0.25, 0.3) is 0 Å². The first-order chi connectivity index (χ1) is 11.7. The van der Waals surface area contributed by atoms with Crippen LogP contribution in [-0.2, 0) is 6.54 Å². The SMILES string of the molecule is CN(Cc1cnc(C2CCCCC2)nc1)C[C@H](O)c1ccccc1. The molecule has 0 saturated heterocycles. The first-order valence-corrected chi connectivity index (χ1v) is 8.95. The van der Waals surface area contributed by atoms with E-state index >= 15 is 0 Å². The highest BCUT2D eigenvalue weighted by Crippen LogP contribution is 2.30. The van der Waals surface area contributed by atoms with Gasteiger partial charge in [-0.3, -0.25) is 4.90 Å². The molecule has 2 aromatic rings. The molecule has 0 unspecified atom stereocenters. The fourth-order valence-electron chi connectivity index (χ4n) is 3.47. The third-order valence-electron chi connectivity index (χ3n) is 4.82. The molecule has 1 saturated carbocycles. The third-order valence-corrected chi connectivity index (χ3v) is 4.82. The van der Waals surface area contributed by atoms with Crippen LogP contribution in [0.25, 0.3) is 0 Å². The van der Waals surface area contributed by atoms with Crippen molar-refractivity contribution >= 4 is 0 Å². The number of nitrogens with zero attached hydrogens (tertiary/aromatic N) is 3. The Balaban J connectivity index is 1.53. The normalized spacial score (nSPS) is 17.1. The van der Waals surface area contributed by atoms with E-state index in [1.807, 2.05) is 49.8 Å². The van der Waals surface area contributed by atoms with Gasteiger partial charge in [-0.15, -0.1) is 0 Å². The average Bonchev–Trinajstić information content (AvgIpc) is 2.64. The van der Waals surface area contributed by atoms with E-state index in [4.69, 9.17) is 0 Å². The first-order valence-electron chi connectivity index (χ1n) is 8.95. The zero-order chi connectivity index (χ0) is 16.8. The summed E-state index contributed by atoms with van der Waals surface area (Å²) in [7, 11) is 2.02. The van der Waals surface area contributed by atoms with Crippen molar-refractivity contribution in [2.75, 3.05) is 13.6 Å². The van der Waals surface area contributed by atoms with Gasteiger partial charge in [-0.25, -0.2) is 9.97 Å². The summed E-state index contributed by atoms with van der Waals surface area (Å²) in [6.45, 7) is 1.34. The summed E-state index contributed by atoms with van der Waals surface area (Å²) >= 11 is 0. The van der Waals surface area contributed by atoms with E-state index in [2.05, 4.69) is 14.9 Å². The number of rotatable bonds is 6. The van der Waals surface area contributed by atoms with E-state index in [1.165, 1.54) is 32.1 Å². The molecule has 0 aliphatic heterocycles. The van der Waals surface area contributed by atoms with E-state index in [0.717, 1.165) is 23.5 Å². The van der Waals surface area contributed by atoms with Gasteiger partial charge in [0.15, 0.2) is 0 Å². The molecular weight excluding hydrogens is 298 g/mol. The Morgan fingerprint density at radius 1 is 1.08 bits per heavy atom. The third kappa shape index (κ3) is 4.62. The molecule has 1 heterocycles. The zero-order valence-electron chi connectivity index (χ0n) is 14.4. The van der Waals surface area contributed by atoms with Crippen LogP contribution in [0.4, 0.5) is 0 Å². The molecule has 1 atom stereocenters. The van der Waals surface area contributed by atoms with Crippen molar-refractivity contribution in [1.82, 2.24) is 14.9 Å². The number of likely N-dealkylation sites (N-methyl/N-ethyl adjacent to an activating group) is 1. The molecule has 4 heteroatoms. The Hall–Kier alpha value is -1.78. The van der Waals surface area contributed by atoms with E-state index in [-0.39, 0.29) is 0 Å². The molecule has 1 aliphatic rings. The van der Waals surface area contributed by atoms with Gasteiger partial charge in [-0.1, -0.05) is 49.6 Å². The minimum Gasteiger partial charge on any atom is -0.387 e. The lowest BCUT2D eigenvalue weighted by Gasteiger charge is -2.22. The summed E-state index contributed by atoms with van der Waals surface area (Å²) < 4.78 is 0. The minimum atomic E-state index is -0.473. The summed E-state index contributed by atoms with van der Waals surface area (Å²) in [5.41, 5.74) is 2.05. The number of aliphatic hydroxyl groups is 1. The second kappa shape index (κ2) is 8.36. The fourth-order valence-corrected chi connectivity index (χ4v) is 3.47. The van der Waals surface area contributed by atoms with Gasteiger partial charge in [0.05, 0.1) is 6.10 Å². The van der Waals surface area contributed by atoms with Crippen LogP contribution in [0.3, 0.4) is 0 Å². The summed E-state index contributed by atoms with van der Waals surface area (Å²) in [6.07, 6.45) is 9.82. The van der Waals surface area contributed by atoms with Crippen molar-refractivity contribution in [2.45, 2.75) is 50.7 Å². The van der Waals surface area contributed by atoms with Crippen LogP contribution in [0.1, 0.15) is 61.1 Å². The molecule has 24 heavy (non-hydrogen) atoms. The van der Waals surface area contributed by atoms with Crippen LogP contribution in [0.5, 0.6) is 0 Å². The van der Waals surface area contributed by atoms with Gasteiger partial charge < -0.3 is 5.11 Å². The number of aliphatic hydroxyl groups excluding tert-OH is 1. The maximum Gasteiger partial charge on any atom is 0.131 e. The van der Waals surface area contributed by atoms with Crippen LogP contribution < -0.4 is 0 Å². The lowest BCUT2D eigenvalue weighted by atomic mass is 9.89. The quantitative estimate of drug-likeness (QED) is 0.880. The topological polar surface area (TPSA) is 49.2 Å². The predicted molar refractivity (Wildman–Crippen MR) is 95.6 cm³/mol. The second-order valence-corrected chi connectivity index (χ2v) is 6.91. The summed E-state index contributed by atoms with van der Waals surface area (Å²) in [4.78, 5) is 11.3. The van der Waals surface area contributed by atoms with E-state index in [0.29, 0.717) is 12.5 Å². The molecule has 0 amide bonds. The smallest absolute Gasteiger partial charge is 0.131 e. The van der Waals surface area contributed by atoms with Crippen LogP contribution in [0.15, 0.2) is 42.7 Å². The van der Waals surface area contributed by atoms with Crippen LogP contribution in [0, 0.1) is 0 Å². The number of hydrogen-bond acceptors (Lipinski definition) is 4. The molecule has 1 aromatic heterocycles. The van der Waals surface area contributed by atoms with Gasteiger partial charge in [0.2, 0.25) is 0 Å². The Labute approximate surface area is 144 Å². The standard InChI is InChI=1S/C20H27N3O/c1-23(15-19(24)17-8-4-2-5-9-17)14-16-12-21-20(22-13-16)18-10-6-3-7-11-18/h2,4-5,8-9,12-13,18-19,24H,3,6-7,10-11,14-15H2,1H3/t19-/m0/s1. The second-order valence-electron chi connectivity index (χ2n) is 6.91. The van der Waals surface area contributed by atoms with Gasteiger partial charge in [-0.05, 0) is 25.5 Å². The van der Waals surface area contributed by atoms with E-state index < -0.39 is 6.10 Å². The lowest BCUT2D eigenvalue weighted by Crippen LogP contribution is -2.24. The minimum absolute atomic E-state index is 0.473. The molecule has 3 rings (SSSR count). The summed E-state index contributed by atoms with van der Waals surface area (Å²) in [6, 6.07) is 9.79. The molecule has 4 nitrogen and oxygen atoms in total. The molecule has 1 aromatic carbocycles. The van der Waals surface area contributed by atoms with E-state index in [9.17, 15) is 5.11 Å². The van der Waals surface area contributed by atoms with Gasteiger partial charge in [-0.2, -0.15) is 0 Å². The van der Waals surface area contributed by atoms with Gasteiger partial charge >= 0.3 is 0 Å². The summed E-state index contributed by atoms with van der Waals surface area (Å²) in [5.74, 6) is 1.55. The van der Waals surface area contributed by atoms with Crippen molar-refractivity contribution in [3.63, 3.8) is 0 Å². The molecule has 0 bridgehead atoms. The Bertz CT molecular complexity index is 609. The molecule has 0 spiro atoms. The Kier molecular flexibility index (Phi) is 5.94. The predicted octanol–water partition coefficient (Wildman–Crippen LogP) is 3.69. The van der Waals surface area contributed by atoms with Gasteiger partial charge in [0.1, 0.15) is 5.82 Å². The maximum absolute atomic E-state index is 10.3. The molecule has 0 radical (unpaired) electrons. The largest absolute Gasteiger partial charge is 0.387 e. The molecule has 1 N–H and O–H groups in total. The first kappa shape index (κ1) is 17.1. The average molecular weight is 325 g/mol. The van der Waals surface area contributed by atoms with Crippen molar-refractivity contribution in [3.05, 3.63) is 59.7 Å². The highest BCUT2D eigenvalue weighted by Gasteiger charge is 2.18. The maximum atomic E-state index is 10.3. The molecule has 128 valence electrons. The number of benzene rings is 1. The van der Waals surface area contributed by atoms with Crippen molar-refractivity contribution in [3.8, 4) is 0 Å². The van der Waals surface area contributed by atoms with Crippen molar-refractivity contribution in [1.29, 1.82) is 0 Å². The fraction of sp³-hybridized carbons (Fsp3) is 0.500. The van der Waals surface area contributed by atoms with E-state index in [1.54, 1.807) is 0 Å². The Morgan fingerprint density at radius 3 is 2.42 bits per heavy atom. The molecular formula is C20H27N3O. The highest BCUT2D eigenvalue weighted by atomic mass is 16.3. The lowest BCUT2D eigenvalue weighted by molar-refractivity contribution is 0.123. The van der Waals surface area contributed by atoms with Crippen molar-refractivity contribution in [2.24, 2.45) is 0 Å². The Morgan fingerprint density at radius 2 is 1.75 bits per heavy atom. The van der Waals surface area contributed by atoms with Crippen LogP contribution >= 0.6 is 0 Å². The van der Waals surface area contributed by atoms with Gasteiger partial charge in [0, 0.05) is 37.0 Å². The van der Waals surface area contributed by atoms with Crippen LogP contribution in [0.2, 0.25) is 0 Å². The molecule has 1 fully saturated rings.